The highest BCUT2D eigenvalue weighted by atomic mass is 16.5. The summed E-state index contributed by atoms with van der Waals surface area (Å²) in [5, 5.41) is 13.9. The summed E-state index contributed by atoms with van der Waals surface area (Å²) in [5.74, 6) is -0.864. The molecule has 1 aromatic rings. The van der Waals surface area contributed by atoms with Crippen molar-refractivity contribution in [1.29, 1.82) is 0 Å². The molecule has 0 unspecified atom stereocenters. The average molecular weight is 280 g/mol. The third kappa shape index (κ3) is 6.19. The van der Waals surface area contributed by atoms with Gasteiger partial charge >= 0.3 is 12.0 Å². The van der Waals surface area contributed by atoms with Crippen molar-refractivity contribution in [1.82, 2.24) is 5.32 Å². The third-order valence-corrected chi connectivity index (χ3v) is 2.69. The Bertz CT molecular complexity index is 449. The fourth-order valence-electron chi connectivity index (χ4n) is 1.68. The van der Waals surface area contributed by atoms with Gasteiger partial charge in [0.1, 0.15) is 0 Å². The first-order chi connectivity index (χ1) is 9.63. The summed E-state index contributed by atoms with van der Waals surface area (Å²) >= 11 is 0. The molecule has 6 heteroatoms. The number of amides is 2. The van der Waals surface area contributed by atoms with E-state index in [-0.39, 0.29) is 12.5 Å². The van der Waals surface area contributed by atoms with Gasteiger partial charge in [-0.1, -0.05) is 18.2 Å². The second-order valence-electron chi connectivity index (χ2n) is 4.28. The number of carbonyl (C=O) groups is 2. The number of carboxylic acid groups (broad SMARTS) is 1. The molecule has 0 bridgehead atoms. The van der Waals surface area contributed by atoms with Gasteiger partial charge in [-0.2, -0.15) is 0 Å². The molecule has 0 saturated carbocycles. The lowest BCUT2D eigenvalue weighted by Crippen LogP contribution is -2.30. The van der Waals surface area contributed by atoms with Crippen molar-refractivity contribution < 1.29 is 19.4 Å². The van der Waals surface area contributed by atoms with Crippen molar-refractivity contribution in [2.75, 3.05) is 25.6 Å². The molecule has 0 aliphatic carbocycles. The summed E-state index contributed by atoms with van der Waals surface area (Å²) < 4.78 is 5.02. The summed E-state index contributed by atoms with van der Waals surface area (Å²) in [6.07, 6.45) is 1.17. The third-order valence-electron chi connectivity index (χ3n) is 2.69. The number of carbonyl (C=O) groups excluding carboxylic acids is 1. The van der Waals surface area contributed by atoms with Crippen molar-refractivity contribution >= 4 is 17.7 Å². The van der Waals surface area contributed by atoms with E-state index in [1.54, 1.807) is 7.11 Å². The topological polar surface area (TPSA) is 87.7 Å². The second kappa shape index (κ2) is 8.92. The van der Waals surface area contributed by atoms with E-state index in [4.69, 9.17) is 9.84 Å². The van der Waals surface area contributed by atoms with Crippen LogP contribution >= 0.6 is 0 Å². The Balaban J connectivity index is 2.42. The maximum atomic E-state index is 11.7. The van der Waals surface area contributed by atoms with Crippen molar-refractivity contribution in [2.24, 2.45) is 0 Å². The van der Waals surface area contributed by atoms with Crippen LogP contribution in [0.1, 0.15) is 18.4 Å². The minimum atomic E-state index is -0.864. The number of hydrogen-bond donors (Lipinski definition) is 3. The van der Waals surface area contributed by atoms with Gasteiger partial charge < -0.3 is 20.5 Å². The molecule has 0 aliphatic rings. The number of nitrogens with one attached hydrogen (secondary N) is 2. The molecule has 6 nitrogen and oxygen atoms in total. The van der Waals surface area contributed by atoms with Crippen LogP contribution in [0, 0.1) is 0 Å². The summed E-state index contributed by atoms with van der Waals surface area (Å²) in [6, 6.07) is 7.17. The van der Waals surface area contributed by atoms with E-state index in [0.29, 0.717) is 26.0 Å². The molecule has 0 aromatic heterocycles. The highest BCUT2D eigenvalue weighted by Gasteiger charge is 2.06. The molecule has 0 spiro atoms. The van der Waals surface area contributed by atoms with Gasteiger partial charge in [0.15, 0.2) is 0 Å². The first-order valence-electron chi connectivity index (χ1n) is 6.47. The van der Waals surface area contributed by atoms with Gasteiger partial charge in [-0.3, -0.25) is 4.79 Å². The Morgan fingerprint density at radius 3 is 2.75 bits per heavy atom. The molecule has 0 atom stereocenters. The van der Waals surface area contributed by atoms with Gasteiger partial charge in [0, 0.05) is 25.8 Å². The standard InChI is InChI=1S/C14H20N2O4/c1-20-10-8-11-5-2-3-6-12(11)16-14(19)15-9-4-7-13(17)18/h2-3,5-6H,4,7-10H2,1H3,(H,17,18)(H2,15,16,19). The van der Waals surface area contributed by atoms with Crippen LogP contribution in [0.15, 0.2) is 24.3 Å². The first-order valence-corrected chi connectivity index (χ1v) is 6.47. The molecule has 0 fully saturated rings. The summed E-state index contributed by atoms with van der Waals surface area (Å²) in [4.78, 5) is 22.0. The van der Waals surface area contributed by atoms with Gasteiger partial charge in [0.2, 0.25) is 0 Å². The van der Waals surface area contributed by atoms with Gasteiger partial charge in [0.25, 0.3) is 0 Å². The predicted octanol–water partition coefficient (Wildman–Crippen LogP) is 1.86. The first kappa shape index (κ1) is 16.0. The van der Waals surface area contributed by atoms with Crippen LogP contribution in [0.5, 0.6) is 0 Å². The van der Waals surface area contributed by atoms with E-state index < -0.39 is 5.97 Å². The Labute approximate surface area is 118 Å². The maximum absolute atomic E-state index is 11.7. The van der Waals surface area contributed by atoms with Crippen LogP contribution in [0.4, 0.5) is 10.5 Å². The number of methoxy groups -OCH3 is 1. The molecule has 0 radical (unpaired) electrons. The lowest BCUT2D eigenvalue weighted by molar-refractivity contribution is -0.137. The second-order valence-corrected chi connectivity index (χ2v) is 4.28. The zero-order chi connectivity index (χ0) is 14.8. The van der Waals surface area contributed by atoms with Gasteiger partial charge in [0.05, 0.1) is 6.61 Å². The van der Waals surface area contributed by atoms with Gasteiger partial charge in [-0.25, -0.2) is 4.79 Å². The quantitative estimate of drug-likeness (QED) is 0.634. The summed E-state index contributed by atoms with van der Waals surface area (Å²) in [6.45, 7) is 0.914. The highest BCUT2D eigenvalue weighted by Crippen LogP contribution is 2.15. The Hall–Kier alpha value is -2.08. The Morgan fingerprint density at radius 1 is 1.30 bits per heavy atom. The average Bonchev–Trinajstić information content (AvgIpc) is 2.42. The van der Waals surface area contributed by atoms with Crippen molar-refractivity contribution in [2.45, 2.75) is 19.3 Å². The Kier molecular flexibility index (Phi) is 7.13. The van der Waals surface area contributed by atoms with Crippen molar-refractivity contribution in [3.63, 3.8) is 0 Å². The predicted molar refractivity (Wildman–Crippen MR) is 75.9 cm³/mol. The van der Waals surface area contributed by atoms with E-state index >= 15 is 0 Å². The SMILES string of the molecule is COCCc1ccccc1NC(=O)NCCCC(=O)O. The number of urea groups is 1. The molecular weight excluding hydrogens is 260 g/mol. The maximum Gasteiger partial charge on any atom is 0.319 e. The van der Waals surface area contributed by atoms with E-state index in [2.05, 4.69) is 10.6 Å². The summed E-state index contributed by atoms with van der Waals surface area (Å²) in [7, 11) is 1.63. The molecule has 3 N–H and O–H groups in total. The van der Waals surface area contributed by atoms with Crippen molar-refractivity contribution in [3.8, 4) is 0 Å². The van der Waals surface area contributed by atoms with Crippen LogP contribution in [0.2, 0.25) is 0 Å². The molecule has 20 heavy (non-hydrogen) atoms. The zero-order valence-corrected chi connectivity index (χ0v) is 11.5. The fourth-order valence-corrected chi connectivity index (χ4v) is 1.68. The number of rotatable bonds is 8. The molecule has 110 valence electrons. The van der Waals surface area contributed by atoms with Crippen molar-refractivity contribution in [3.05, 3.63) is 29.8 Å². The number of ether oxygens (including phenoxy) is 1. The van der Waals surface area contributed by atoms with Gasteiger partial charge in [-0.15, -0.1) is 0 Å². The van der Waals surface area contributed by atoms with Crippen LogP contribution in [0.3, 0.4) is 0 Å². The highest BCUT2D eigenvalue weighted by molar-refractivity contribution is 5.90. The molecule has 0 heterocycles. The van der Waals surface area contributed by atoms with E-state index in [0.717, 1.165) is 11.3 Å². The van der Waals surface area contributed by atoms with Crippen LogP contribution < -0.4 is 10.6 Å². The Morgan fingerprint density at radius 2 is 2.05 bits per heavy atom. The molecule has 0 aliphatic heterocycles. The van der Waals surface area contributed by atoms with E-state index in [9.17, 15) is 9.59 Å². The lowest BCUT2D eigenvalue weighted by Gasteiger charge is -2.11. The van der Waals surface area contributed by atoms with E-state index in [1.807, 2.05) is 24.3 Å². The number of anilines is 1. The van der Waals surface area contributed by atoms with Gasteiger partial charge in [-0.05, 0) is 24.5 Å². The summed E-state index contributed by atoms with van der Waals surface area (Å²) in [5.41, 5.74) is 1.73. The zero-order valence-electron chi connectivity index (χ0n) is 11.5. The molecule has 1 aromatic carbocycles. The number of carboxylic acids is 1. The largest absolute Gasteiger partial charge is 0.481 e. The van der Waals surface area contributed by atoms with Crippen LogP contribution in [-0.4, -0.2) is 37.4 Å². The number of hydrogen-bond acceptors (Lipinski definition) is 3. The normalized spacial score (nSPS) is 10.1. The number of para-hydroxylation sites is 1. The van der Waals surface area contributed by atoms with E-state index in [1.165, 1.54) is 0 Å². The smallest absolute Gasteiger partial charge is 0.319 e. The number of benzene rings is 1. The molecular formula is C14H20N2O4. The number of aliphatic carboxylic acids is 1. The monoisotopic (exact) mass is 280 g/mol. The minimum absolute atomic E-state index is 0.0463. The molecule has 0 saturated heterocycles. The minimum Gasteiger partial charge on any atom is -0.481 e. The van der Waals surface area contributed by atoms with Crippen LogP contribution in [-0.2, 0) is 16.0 Å². The molecule has 1 rings (SSSR count). The lowest BCUT2D eigenvalue weighted by atomic mass is 10.1. The van der Waals surface area contributed by atoms with Crippen LogP contribution in [0.25, 0.3) is 0 Å². The molecule has 2 amide bonds. The fraction of sp³-hybridized carbons (Fsp3) is 0.429.